The van der Waals surface area contributed by atoms with Crippen molar-refractivity contribution >= 4 is 17.9 Å². The number of benzene rings is 1. The Morgan fingerprint density at radius 1 is 0.931 bits per heavy atom. The summed E-state index contributed by atoms with van der Waals surface area (Å²) in [6.07, 6.45) is 5.43. The molecule has 4 N–H and O–H groups in total. The molecule has 158 valence electrons. The summed E-state index contributed by atoms with van der Waals surface area (Å²) in [6.45, 7) is 3.41. The summed E-state index contributed by atoms with van der Waals surface area (Å²) >= 11 is 0. The molecule has 1 aromatic carbocycles. The third kappa shape index (κ3) is 11.1. The molecule has 0 radical (unpaired) electrons. The van der Waals surface area contributed by atoms with E-state index in [4.69, 9.17) is 29.3 Å². The minimum atomic E-state index is -1.82. The first kappa shape index (κ1) is 23.6. The molecule has 0 aliphatic rings. The van der Waals surface area contributed by atoms with E-state index in [1.165, 1.54) is 0 Å². The predicted molar refractivity (Wildman–Crippen MR) is 106 cm³/mol. The van der Waals surface area contributed by atoms with Gasteiger partial charge in [-0.25, -0.2) is 19.6 Å². The highest BCUT2D eigenvalue weighted by Crippen LogP contribution is 2.25. The average Bonchev–Trinajstić information content (AvgIpc) is 2.74. The molecule has 1 heterocycles. The van der Waals surface area contributed by atoms with Crippen molar-refractivity contribution in [3.05, 3.63) is 42.7 Å². The van der Waals surface area contributed by atoms with Gasteiger partial charge in [-0.05, 0) is 44.1 Å². The van der Waals surface area contributed by atoms with Crippen LogP contribution in [0.1, 0.15) is 12.8 Å². The molecule has 0 atom stereocenters. The Morgan fingerprint density at radius 3 is 2.17 bits per heavy atom. The van der Waals surface area contributed by atoms with Crippen molar-refractivity contribution in [1.29, 1.82) is 0 Å². The van der Waals surface area contributed by atoms with Gasteiger partial charge in [-0.3, -0.25) is 0 Å². The highest BCUT2D eigenvalue weighted by atomic mass is 16.5. The molecule has 0 unspecified atom stereocenters. The Kier molecular flexibility index (Phi) is 11.9. The fourth-order valence-electron chi connectivity index (χ4n) is 2.05. The van der Waals surface area contributed by atoms with Crippen LogP contribution in [0.4, 0.5) is 5.95 Å². The number of carboxylic acids is 2. The van der Waals surface area contributed by atoms with E-state index >= 15 is 0 Å². The van der Waals surface area contributed by atoms with Crippen molar-refractivity contribution in [3.8, 4) is 11.5 Å². The Hall–Kier alpha value is -3.40. The fraction of sp³-hybridized carbons (Fsp3) is 0.368. The summed E-state index contributed by atoms with van der Waals surface area (Å²) in [5.41, 5.74) is 0. The lowest BCUT2D eigenvalue weighted by Crippen LogP contribution is -2.21. The van der Waals surface area contributed by atoms with Crippen LogP contribution in [0.15, 0.2) is 42.7 Å². The number of nitrogens with zero attached hydrogens (tertiary/aromatic N) is 2. The van der Waals surface area contributed by atoms with Gasteiger partial charge in [0.05, 0.1) is 13.7 Å². The topological polar surface area (TPSA) is 143 Å². The fourth-order valence-corrected chi connectivity index (χ4v) is 2.05. The number of nitrogens with one attached hydrogen (secondary N) is 2. The quantitative estimate of drug-likeness (QED) is 0.320. The van der Waals surface area contributed by atoms with Crippen molar-refractivity contribution in [2.75, 3.05) is 38.7 Å². The van der Waals surface area contributed by atoms with Crippen LogP contribution in [0.2, 0.25) is 0 Å². The van der Waals surface area contributed by atoms with E-state index in [1.807, 2.05) is 24.3 Å². The monoisotopic (exact) mass is 406 g/mol. The van der Waals surface area contributed by atoms with Gasteiger partial charge in [0.2, 0.25) is 5.95 Å². The molecule has 0 saturated carbocycles. The standard InChI is InChI=1S/C17H24N4O2.C2H2O4/c1-22-15-7-2-3-8-16(15)23-14-6-10-18-9-4-11-19-17-20-12-5-13-21-17;3-1(4)2(5)6/h2-3,5,7-8,12-13,18H,4,6,9-11,14H2,1H3,(H,19,20,21);(H,3,4)(H,5,6). The molecule has 2 rings (SSSR count). The van der Waals surface area contributed by atoms with Crippen LogP contribution in [0, 0.1) is 0 Å². The van der Waals surface area contributed by atoms with Gasteiger partial charge < -0.3 is 30.3 Å². The maximum Gasteiger partial charge on any atom is 0.414 e. The molecule has 0 aliphatic carbocycles. The number of rotatable bonds is 11. The van der Waals surface area contributed by atoms with E-state index < -0.39 is 11.9 Å². The molecule has 0 fully saturated rings. The minimum Gasteiger partial charge on any atom is -0.493 e. The number of anilines is 1. The van der Waals surface area contributed by atoms with Crippen LogP contribution < -0.4 is 20.1 Å². The lowest BCUT2D eigenvalue weighted by molar-refractivity contribution is -0.159. The smallest absolute Gasteiger partial charge is 0.414 e. The molecule has 0 saturated heterocycles. The summed E-state index contributed by atoms with van der Waals surface area (Å²) in [7, 11) is 1.65. The molecular formula is C19H26N4O6. The summed E-state index contributed by atoms with van der Waals surface area (Å²) in [5.74, 6) is -1.40. The number of aromatic nitrogens is 2. The Morgan fingerprint density at radius 2 is 1.55 bits per heavy atom. The second-order valence-corrected chi connectivity index (χ2v) is 5.57. The molecule has 10 nitrogen and oxygen atoms in total. The first-order valence-corrected chi connectivity index (χ1v) is 8.98. The van der Waals surface area contributed by atoms with E-state index in [0.717, 1.165) is 44.0 Å². The van der Waals surface area contributed by atoms with Crippen LogP contribution in [0.3, 0.4) is 0 Å². The van der Waals surface area contributed by atoms with Gasteiger partial charge in [0.25, 0.3) is 0 Å². The average molecular weight is 406 g/mol. The SMILES string of the molecule is COc1ccccc1OCCCNCCCNc1ncccn1.O=C(O)C(=O)O. The number of methoxy groups -OCH3 is 1. The van der Waals surface area contributed by atoms with E-state index in [0.29, 0.717) is 12.6 Å². The number of para-hydroxylation sites is 2. The molecule has 0 spiro atoms. The van der Waals surface area contributed by atoms with Gasteiger partial charge in [0.1, 0.15) is 0 Å². The van der Waals surface area contributed by atoms with E-state index in [2.05, 4.69) is 20.6 Å². The second-order valence-electron chi connectivity index (χ2n) is 5.57. The van der Waals surface area contributed by atoms with Crippen molar-refractivity contribution in [1.82, 2.24) is 15.3 Å². The second kappa shape index (κ2) is 14.6. The summed E-state index contributed by atoms with van der Waals surface area (Å²) in [4.78, 5) is 26.4. The summed E-state index contributed by atoms with van der Waals surface area (Å²) in [5, 5.41) is 21.4. The maximum absolute atomic E-state index is 9.10. The predicted octanol–water partition coefficient (Wildman–Crippen LogP) is 1.50. The molecule has 1 aromatic heterocycles. The Balaban J connectivity index is 0.000000612. The number of carboxylic acid groups (broad SMARTS) is 2. The number of hydrogen-bond acceptors (Lipinski definition) is 8. The molecule has 0 amide bonds. The first-order chi connectivity index (χ1) is 14.0. The van der Waals surface area contributed by atoms with Crippen LogP contribution in [-0.2, 0) is 9.59 Å². The van der Waals surface area contributed by atoms with Gasteiger partial charge in [-0.1, -0.05) is 12.1 Å². The Bertz CT molecular complexity index is 718. The molecule has 2 aromatic rings. The number of hydrogen-bond donors (Lipinski definition) is 4. The minimum absolute atomic E-state index is 0.670. The lowest BCUT2D eigenvalue weighted by atomic mass is 10.3. The zero-order valence-electron chi connectivity index (χ0n) is 16.2. The van der Waals surface area contributed by atoms with Gasteiger partial charge in [0.15, 0.2) is 11.5 Å². The third-order valence-electron chi connectivity index (χ3n) is 3.39. The highest BCUT2D eigenvalue weighted by Gasteiger charge is 2.04. The zero-order chi connectivity index (χ0) is 21.3. The first-order valence-electron chi connectivity index (χ1n) is 8.98. The largest absolute Gasteiger partial charge is 0.493 e. The molecular weight excluding hydrogens is 380 g/mol. The maximum atomic E-state index is 9.10. The molecule has 0 aliphatic heterocycles. The van der Waals surface area contributed by atoms with Crippen molar-refractivity contribution in [3.63, 3.8) is 0 Å². The van der Waals surface area contributed by atoms with Crippen molar-refractivity contribution in [2.45, 2.75) is 12.8 Å². The van der Waals surface area contributed by atoms with E-state index in [1.54, 1.807) is 25.6 Å². The molecule has 10 heteroatoms. The van der Waals surface area contributed by atoms with Crippen molar-refractivity contribution in [2.24, 2.45) is 0 Å². The number of ether oxygens (including phenoxy) is 2. The van der Waals surface area contributed by atoms with Crippen LogP contribution in [-0.4, -0.2) is 65.5 Å². The zero-order valence-corrected chi connectivity index (χ0v) is 16.2. The molecule has 29 heavy (non-hydrogen) atoms. The van der Waals surface area contributed by atoms with Gasteiger partial charge in [-0.2, -0.15) is 0 Å². The highest BCUT2D eigenvalue weighted by molar-refractivity contribution is 6.27. The van der Waals surface area contributed by atoms with E-state index in [9.17, 15) is 0 Å². The lowest BCUT2D eigenvalue weighted by Gasteiger charge is -2.10. The summed E-state index contributed by atoms with van der Waals surface area (Å²) < 4.78 is 11.0. The van der Waals surface area contributed by atoms with Gasteiger partial charge in [-0.15, -0.1) is 0 Å². The molecule has 0 bridgehead atoms. The van der Waals surface area contributed by atoms with Crippen molar-refractivity contribution < 1.29 is 29.3 Å². The number of carbonyl (C=O) groups is 2. The summed E-state index contributed by atoms with van der Waals surface area (Å²) in [6, 6.07) is 9.50. The van der Waals surface area contributed by atoms with Gasteiger partial charge in [0, 0.05) is 18.9 Å². The van der Waals surface area contributed by atoms with Gasteiger partial charge >= 0.3 is 11.9 Å². The van der Waals surface area contributed by atoms with E-state index in [-0.39, 0.29) is 0 Å². The van der Waals surface area contributed by atoms with Crippen LogP contribution in [0.25, 0.3) is 0 Å². The number of aliphatic carboxylic acids is 2. The van der Waals surface area contributed by atoms with Crippen LogP contribution in [0.5, 0.6) is 11.5 Å². The third-order valence-corrected chi connectivity index (χ3v) is 3.39. The Labute approximate surface area is 168 Å². The normalized spacial score (nSPS) is 9.69. The van der Waals surface area contributed by atoms with Crippen LogP contribution >= 0.6 is 0 Å².